The van der Waals surface area contributed by atoms with E-state index in [1.165, 1.54) is 5.39 Å². The van der Waals surface area contributed by atoms with Gasteiger partial charge in [-0.15, -0.1) is 11.3 Å². The Balaban J connectivity index is 2.07. The number of benzene rings is 2. The maximum Gasteiger partial charge on any atom is 0.0998 e. The molecule has 3 aromatic rings. The van der Waals surface area contributed by atoms with E-state index in [0.29, 0.717) is 5.57 Å². The van der Waals surface area contributed by atoms with Crippen molar-refractivity contribution in [2.24, 2.45) is 0 Å². The molecule has 0 fully saturated rings. The zero-order valence-corrected chi connectivity index (χ0v) is 12.9. The summed E-state index contributed by atoms with van der Waals surface area (Å²) in [6.45, 7) is 0. The Labute approximate surface area is 129 Å². The fourth-order valence-electron chi connectivity index (χ4n) is 2.08. The van der Waals surface area contributed by atoms with Gasteiger partial charge in [0.1, 0.15) is 0 Å². The van der Waals surface area contributed by atoms with E-state index < -0.39 is 0 Å². The van der Waals surface area contributed by atoms with Crippen LogP contribution in [-0.4, -0.2) is 0 Å². The van der Waals surface area contributed by atoms with Crippen LogP contribution < -0.4 is 0 Å². The molecule has 1 heterocycles. The highest BCUT2D eigenvalue weighted by atomic mass is 79.9. The van der Waals surface area contributed by atoms with Gasteiger partial charge < -0.3 is 0 Å². The summed E-state index contributed by atoms with van der Waals surface area (Å²) in [6.07, 6.45) is 1.93. The summed E-state index contributed by atoms with van der Waals surface area (Å²) in [5.74, 6) is 0. The van der Waals surface area contributed by atoms with E-state index in [1.54, 1.807) is 11.3 Å². The summed E-state index contributed by atoms with van der Waals surface area (Å²) >= 11 is 5.05. The largest absolute Gasteiger partial charge is 0.192 e. The van der Waals surface area contributed by atoms with E-state index in [2.05, 4.69) is 46.3 Å². The molecule has 0 N–H and O–H groups in total. The van der Waals surface area contributed by atoms with Crippen LogP contribution in [0.1, 0.15) is 10.4 Å². The average molecular weight is 340 g/mol. The van der Waals surface area contributed by atoms with Gasteiger partial charge in [-0.1, -0.05) is 36.4 Å². The first-order valence-electron chi connectivity index (χ1n) is 6.11. The van der Waals surface area contributed by atoms with E-state index >= 15 is 0 Å². The third-order valence-electron chi connectivity index (χ3n) is 3.06. The molecular formula is C17H10BrNS. The molecule has 0 radical (unpaired) electrons. The quantitative estimate of drug-likeness (QED) is 0.547. The van der Waals surface area contributed by atoms with Crippen molar-refractivity contribution in [3.63, 3.8) is 0 Å². The first-order valence-corrected chi connectivity index (χ1v) is 7.78. The zero-order chi connectivity index (χ0) is 13.9. The molecule has 0 unspecified atom stereocenters. The minimum absolute atomic E-state index is 0.685. The van der Waals surface area contributed by atoms with Gasteiger partial charge in [0.15, 0.2) is 0 Å². The van der Waals surface area contributed by atoms with Crippen LogP contribution in [0, 0.1) is 11.3 Å². The van der Waals surface area contributed by atoms with Crippen molar-refractivity contribution in [1.29, 1.82) is 5.26 Å². The molecule has 0 aliphatic heterocycles. The number of allylic oxidation sites excluding steroid dienone is 1. The summed E-state index contributed by atoms with van der Waals surface area (Å²) in [6, 6.07) is 18.6. The number of hydrogen-bond acceptors (Lipinski definition) is 2. The standard InChI is InChI=1S/C17H10BrNS/c18-16-9-17(20-11-16)8-15(10-19)14-6-5-12-3-1-2-4-13(12)7-14/h1-9,11H/b15-8-. The number of hydrogen-bond donors (Lipinski definition) is 0. The van der Waals surface area contributed by atoms with E-state index in [1.807, 2.05) is 35.7 Å². The molecule has 3 heteroatoms. The van der Waals surface area contributed by atoms with Crippen molar-refractivity contribution >= 4 is 49.7 Å². The lowest BCUT2D eigenvalue weighted by Gasteiger charge is -2.02. The molecule has 0 amide bonds. The first-order chi connectivity index (χ1) is 9.76. The summed E-state index contributed by atoms with van der Waals surface area (Å²) < 4.78 is 1.05. The SMILES string of the molecule is N#C/C(=C/c1cc(Br)cs1)c1ccc2ccccc2c1. The Kier molecular flexibility index (Phi) is 3.68. The highest BCUT2D eigenvalue weighted by Crippen LogP contribution is 2.26. The van der Waals surface area contributed by atoms with Gasteiger partial charge in [0.2, 0.25) is 0 Å². The molecule has 0 saturated heterocycles. The van der Waals surface area contributed by atoms with Crippen LogP contribution >= 0.6 is 27.3 Å². The van der Waals surface area contributed by atoms with Gasteiger partial charge in [-0.05, 0) is 50.5 Å². The van der Waals surface area contributed by atoms with Crippen LogP contribution in [0.15, 0.2) is 58.4 Å². The number of halogens is 1. The Morgan fingerprint density at radius 2 is 1.90 bits per heavy atom. The predicted octanol–water partition coefficient (Wildman–Crippen LogP) is 5.73. The van der Waals surface area contributed by atoms with Gasteiger partial charge in [0.05, 0.1) is 11.6 Å². The van der Waals surface area contributed by atoms with Gasteiger partial charge in [-0.2, -0.15) is 5.26 Å². The molecule has 0 saturated carbocycles. The lowest BCUT2D eigenvalue weighted by molar-refractivity contribution is 1.53. The summed E-state index contributed by atoms with van der Waals surface area (Å²) in [5, 5.41) is 13.7. The molecular weight excluding hydrogens is 330 g/mol. The monoisotopic (exact) mass is 339 g/mol. The lowest BCUT2D eigenvalue weighted by Crippen LogP contribution is -1.82. The summed E-state index contributed by atoms with van der Waals surface area (Å²) in [5.41, 5.74) is 1.64. The van der Waals surface area contributed by atoms with Crippen LogP contribution in [0.25, 0.3) is 22.4 Å². The zero-order valence-electron chi connectivity index (χ0n) is 10.5. The maximum atomic E-state index is 9.39. The Morgan fingerprint density at radius 3 is 2.60 bits per heavy atom. The number of thiophene rings is 1. The minimum Gasteiger partial charge on any atom is -0.192 e. The first kappa shape index (κ1) is 13.1. The highest BCUT2D eigenvalue weighted by molar-refractivity contribution is 9.10. The minimum atomic E-state index is 0.685. The fourth-order valence-corrected chi connectivity index (χ4v) is 3.46. The predicted molar refractivity (Wildman–Crippen MR) is 89.5 cm³/mol. The van der Waals surface area contributed by atoms with Gasteiger partial charge >= 0.3 is 0 Å². The topological polar surface area (TPSA) is 23.8 Å². The highest BCUT2D eigenvalue weighted by Gasteiger charge is 2.04. The molecule has 96 valence electrons. The summed E-state index contributed by atoms with van der Waals surface area (Å²) in [7, 11) is 0. The van der Waals surface area contributed by atoms with Gasteiger partial charge in [0, 0.05) is 14.7 Å². The van der Waals surface area contributed by atoms with Crippen molar-refractivity contribution in [3.05, 3.63) is 68.8 Å². The van der Waals surface area contributed by atoms with Crippen LogP contribution in [0.4, 0.5) is 0 Å². The van der Waals surface area contributed by atoms with Crippen molar-refractivity contribution in [2.75, 3.05) is 0 Å². The van der Waals surface area contributed by atoms with Gasteiger partial charge in [0.25, 0.3) is 0 Å². The molecule has 0 aliphatic carbocycles. The smallest absolute Gasteiger partial charge is 0.0998 e. The van der Waals surface area contributed by atoms with Crippen molar-refractivity contribution in [1.82, 2.24) is 0 Å². The van der Waals surface area contributed by atoms with Crippen molar-refractivity contribution in [3.8, 4) is 6.07 Å². The normalized spacial score (nSPS) is 11.5. The van der Waals surface area contributed by atoms with Crippen LogP contribution in [0.2, 0.25) is 0 Å². The molecule has 0 aliphatic rings. The molecule has 1 aromatic heterocycles. The van der Waals surface area contributed by atoms with Crippen molar-refractivity contribution in [2.45, 2.75) is 0 Å². The molecule has 0 bridgehead atoms. The van der Waals surface area contributed by atoms with E-state index in [0.717, 1.165) is 20.3 Å². The Hall–Kier alpha value is -1.89. The molecule has 1 nitrogen and oxygen atoms in total. The third kappa shape index (κ3) is 2.67. The average Bonchev–Trinajstić information content (AvgIpc) is 2.89. The number of fused-ring (bicyclic) bond motifs is 1. The van der Waals surface area contributed by atoms with Crippen LogP contribution in [-0.2, 0) is 0 Å². The second kappa shape index (κ2) is 5.62. The van der Waals surface area contributed by atoms with E-state index in [-0.39, 0.29) is 0 Å². The fraction of sp³-hybridized carbons (Fsp3) is 0. The Morgan fingerprint density at radius 1 is 1.10 bits per heavy atom. The maximum absolute atomic E-state index is 9.39. The number of nitriles is 1. The molecule has 0 atom stereocenters. The van der Waals surface area contributed by atoms with Crippen LogP contribution in [0.5, 0.6) is 0 Å². The molecule has 3 rings (SSSR count). The lowest BCUT2D eigenvalue weighted by atomic mass is 10.0. The molecule has 0 spiro atoms. The number of rotatable bonds is 2. The third-order valence-corrected chi connectivity index (χ3v) is 4.70. The van der Waals surface area contributed by atoms with E-state index in [4.69, 9.17) is 0 Å². The van der Waals surface area contributed by atoms with E-state index in [9.17, 15) is 5.26 Å². The van der Waals surface area contributed by atoms with Gasteiger partial charge in [-0.25, -0.2) is 0 Å². The van der Waals surface area contributed by atoms with Crippen LogP contribution in [0.3, 0.4) is 0 Å². The molecule has 2 aromatic carbocycles. The van der Waals surface area contributed by atoms with Gasteiger partial charge in [-0.3, -0.25) is 0 Å². The molecule has 20 heavy (non-hydrogen) atoms. The summed E-state index contributed by atoms with van der Waals surface area (Å²) in [4.78, 5) is 1.07. The second-order valence-corrected chi connectivity index (χ2v) is 6.26. The Bertz CT molecular complexity index is 839. The van der Waals surface area contributed by atoms with Crippen molar-refractivity contribution < 1.29 is 0 Å². The second-order valence-electron chi connectivity index (χ2n) is 4.40. The number of nitrogens with zero attached hydrogens (tertiary/aromatic N) is 1.